The zero-order valence-electron chi connectivity index (χ0n) is 9.75. The van der Waals surface area contributed by atoms with Crippen LogP contribution in [-0.2, 0) is 6.54 Å². The Morgan fingerprint density at radius 3 is 2.37 bits per heavy atom. The number of nitrogens with zero attached hydrogens (tertiary/aromatic N) is 1. The highest BCUT2D eigenvalue weighted by atomic mass is 127. The van der Waals surface area contributed by atoms with E-state index in [1.54, 1.807) is 6.07 Å². The molecule has 2 nitrogen and oxygen atoms in total. The summed E-state index contributed by atoms with van der Waals surface area (Å²) >= 11 is 2.14. The minimum absolute atomic E-state index is 0.0203. The molecule has 1 N–H and O–H groups in total. The van der Waals surface area contributed by atoms with Crippen LogP contribution in [0.3, 0.4) is 0 Å². The third-order valence-electron chi connectivity index (χ3n) is 2.60. The van der Waals surface area contributed by atoms with Gasteiger partial charge in [0.25, 0.3) is 0 Å². The molecule has 0 fully saturated rings. The molecular formula is C14H9F2IN2. The summed E-state index contributed by atoms with van der Waals surface area (Å²) in [5.74, 6) is -1.43. The highest BCUT2D eigenvalue weighted by Gasteiger charge is 2.11. The molecular weight excluding hydrogens is 361 g/mol. The Hall–Kier alpha value is -1.68. The lowest BCUT2D eigenvalue weighted by atomic mass is 10.1. The van der Waals surface area contributed by atoms with Crippen LogP contribution >= 0.6 is 22.6 Å². The van der Waals surface area contributed by atoms with Crippen LogP contribution in [0.5, 0.6) is 0 Å². The fourth-order valence-corrected chi connectivity index (χ4v) is 2.20. The maximum Gasteiger partial charge on any atom is 0.132 e. The summed E-state index contributed by atoms with van der Waals surface area (Å²) in [6, 6.07) is 11.3. The van der Waals surface area contributed by atoms with Gasteiger partial charge in [-0.25, -0.2) is 8.78 Å². The molecule has 0 radical (unpaired) electrons. The summed E-state index contributed by atoms with van der Waals surface area (Å²) in [6.07, 6.45) is 0. The number of rotatable bonds is 3. The molecule has 2 rings (SSSR count). The van der Waals surface area contributed by atoms with Crippen molar-refractivity contribution in [2.45, 2.75) is 6.54 Å². The standard InChI is InChI=1S/C14H9F2IN2/c15-11-5-9(7-18)6-12(16)10(11)8-19-14-4-2-1-3-13(14)17/h1-6,19H,8H2. The molecule has 0 heterocycles. The second kappa shape index (κ2) is 5.97. The molecule has 0 aliphatic carbocycles. The minimum atomic E-state index is -0.713. The van der Waals surface area contributed by atoms with Crippen LogP contribution in [-0.4, -0.2) is 0 Å². The molecule has 0 aromatic heterocycles. The first-order valence-corrected chi connectivity index (χ1v) is 6.56. The summed E-state index contributed by atoms with van der Waals surface area (Å²) < 4.78 is 28.3. The van der Waals surface area contributed by atoms with E-state index in [2.05, 4.69) is 27.9 Å². The third kappa shape index (κ3) is 3.20. The van der Waals surface area contributed by atoms with E-state index in [1.165, 1.54) is 0 Å². The van der Waals surface area contributed by atoms with Crippen LogP contribution in [0, 0.1) is 26.5 Å². The van der Waals surface area contributed by atoms with Crippen LogP contribution in [0.25, 0.3) is 0 Å². The molecule has 0 saturated carbocycles. The van der Waals surface area contributed by atoms with Gasteiger partial charge in [0.2, 0.25) is 0 Å². The Bertz CT molecular complexity index is 627. The van der Waals surface area contributed by atoms with Gasteiger partial charge in [-0.15, -0.1) is 0 Å². The molecule has 0 spiro atoms. The van der Waals surface area contributed by atoms with Crippen LogP contribution in [0.4, 0.5) is 14.5 Å². The Morgan fingerprint density at radius 2 is 1.79 bits per heavy atom. The van der Waals surface area contributed by atoms with E-state index in [0.717, 1.165) is 21.4 Å². The van der Waals surface area contributed by atoms with E-state index >= 15 is 0 Å². The average Bonchev–Trinajstić information content (AvgIpc) is 2.39. The van der Waals surface area contributed by atoms with E-state index in [1.807, 2.05) is 24.3 Å². The Balaban J connectivity index is 2.21. The molecule has 2 aromatic carbocycles. The fourth-order valence-electron chi connectivity index (χ4n) is 1.62. The number of benzene rings is 2. The summed E-state index contributed by atoms with van der Waals surface area (Å²) in [7, 11) is 0. The summed E-state index contributed by atoms with van der Waals surface area (Å²) in [5, 5.41) is 11.6. The topological polar surface area (TPSA) is 35.8 Å². The second-order valence-electron chi connectivity index (χ2n) is 3.86. The Kier molecular flexibility index (Phi) is 4.32. The molecule has 0 unspecified atom stereocenters. The molecule has 0 atom stereocenters. The molecule has 0 amide bonds. The highest BCUT2D eigenvalue weighted by molar-refractivity contribution is 14.1. The van der Waals surface area contributed by atoms with E-state index in [9.17, 15) is 8.78 Å². The van der Waals surface area contributed by atoms with Crippen LogP contribution in [0.1, 0.15) is 11.1 Å². The third-order valence-corrected chi connectivity index (χ3v) is 3.54. The van der Waals surface area contributed by atoms with Gasteiger partial charge in [-0.2, -0.15) is 5.26 Å². The molecule has 0 aliphatic rings. The summed E-state index contributed by atoms with van der Waals surface area (Å²) in [4.78, 5) is 0. The number of halogens is 3. The molecule has 2 aromatic rings. The number of nitrogens with one attached hydrogen (secondary N) is 1. The predicted octanol–water partition coefficient (Wildman–Crippen LogP) is 4.05. The van der Waals surface area contributed by atoms with Gasteiger partial charge in [0.05, 0.1) is 11.6 Å². The Labute approximate surface area is 123 Å². The molecule has 0 aliphatic heterocycles. The van der Waals surface area contributed by atoms with Crippen molar-refractivity contribution in [2.24, 2.45) is 0 Å². The molecule has 0 saturated heterocycles. The monoisotopic (exact) mass is 370 g/mol. The molecule has 96 valence electrons. The molecule has 19 heavy (non-hydrogen) atoms. The first kappa shape index (κ1) is 13.7. The lowest BCUT2D eigenvalue weighted by Gasteiger charge is -2.10. The SMILES string of the molecule is N#Cc1cc(F)c(CNc2ccccc2I)c(F)c1. The van der Waals surface area contributed by atoms with Crippen LogP contribution < -0.4 is 5.32 Å². The normalized spacial score (nSPS) is 10.0. The van der Waals surface area contributed by atoms with E-state index < -0.39 is 11.6 Å². The maximum absolute atomic E-state index is 13.7. The first-order chi connectivity index (χ1) is 9.11. The lowest BCUT2D eigenvalue weighted by Crippen LogP contribution is -2.06. The first-order valence-electron chi connectivity index (χ1n) is 5.48. The van der Waals surface area contributed by atoms with Crippen molar-refractivity contribution in [1.29, 1.82) is 5.26 Å². The van der Waals surface area contributed by atoms with Gasteiger partial charge in [0.15, 0.2) is 0 Å². The number of hydrogen-bond donors (Lipinski definition) is 1. The van der Waals surface area contributed by atoms with Gasteiger partial charge in [0.1, 0.15) is 11.6 Å². The van der Waals surface area contributed by atoms with Crippen LogP contribution in [0.15, 0.2) is 36.4 Å². The van der Waals surface area contributed by atoms with Crippen molar-refractivity contribution >= 4 is 28.3 Å². The molecule has 5 heteroatoms. The summed E-state index contributed by atoms with van der Waals surface area (Å²) in [6.45, 7) is 0.0311. The fraction of sp³-hybridized carbons (Fsp3) is 0.0714. The van der Waals surface area contributed by atoms with Gasteiger partial charge in [0, 0.05) is 21.4 Å². The van der Waals surface area contributed by atoms with Gasteiger partial charge in [-0.1, -0.05) is 12.1 Å². The Morgan fingerprint density at radius 1 is 1.16 bits per heavy atom. The van der Waals surface area contributed by atoms with Crippen LogP contribution in [0.2, 0.25) is 0 Å². The highest BCUT2D eigenvalue weighted by Crippen LogP contribution is 2.20. The minimum Gasteiger partial charge on any atom is -0.380 e. The quantitative estimate of drug-likeness (QED) is 0.828. The maximum atomic E-state index is 13.7. The zero-order valence-corrected chi connectivity index (χ0v) is 11.9. The smallest absolute Gasteiger partial charge is 0.132 e. The number of para-hydroxylation sites is 1. The van der Waals surface area contributed by atoms with Crippen molar-refractivity contribution in [3.05, 3.63) is 62.7 Å². The zero-order chi connectivity index (χ0) is 13.8. The number of nitriles is 1. The number of anilines is 1. The van der Waals surface area contributed by atoms with Gasteiger partial charge in [-0.05, 0) is 46.9 Å². The van der Waals surface area contributed by atoms with E-state index in [0.29, 0.717) is 0 Å². The number of hydrogen-bond acceptors (Lipinski definition) is 2. The van der Waals surface area contributed by atoms with Gasteiger partial charge < -0.3 is 5.32 Å². The van der Waals surface area contributed by atoms with Crippen molar-refractivity contribution in [2.75, 3.05) is 5.32 Å². The van der Waals surface area contributed by atoms with Gasteiger partial charge in [-0.3, -0.25) is 0 Å². The summed E-state index contributed by atoms with van der Waals surface area (Å²) in [5.41, 5.74) is 0.720. The van der Waals surface area contributed by atoms with Crippen molar-refractivity contribution in [3.63, 3.8) is 0 Å². The van der Waals surface area contributed by atoms with Crippen molar-refractivity contribution in [1.82, 2.24) is 0 Å². The largest absolute Gasteiger partial charge is 0.380 e. The predicted molar refractivity (Wildman–Crippen MR) is 77.6 cm³/mol. The van der Waals surface area contributed by atoms with Crippen molar-refractivity contribution in [3.8, 4) is 6.07 Å². The molecule has 0 bridgehead atoms. The average molecular weight is 370 g/mol. The van der Waals surface area contributed by atoms with E-state index in [4.69, 9.17) is 5.26 Å². The lowest BCUT2D eigenvalue weighted by molar-refractivity contribution is 0.559. The van der Waals surface area contributed by atoms with Gasteiger partial charge >= 0.3 is 0 Å². The second-order valence-corrected chi connectivity index (χ2v) is 5.03. The van der Waals surface area contributed by atoms with E-state index in [-0.39, 0.29) is 17.7 Å². The van der Waals surface area contributed by atoms with Crippen molar-refractivity contribution < 1.29 is 8.78 Å².